The summed E-state index contributed by atoms with van der Waals surface area (Å²) in [5, 5.41) is 8.79. The van der Waals surface area contributed by atoms with Crippen LogP contribution in [0, 0.1) is 11.3 Å². The normalized spacial score (nSPS) is 10.9. The van der Waals surface area contributed by atoms with E-state index in [0.29, 0.717) is 25.9 Å². The van der Waals surface area contributed by atoms with E-state index >= 15 is 0 Å². The summed E-state index contributed by atoms with van der Waals surface area (Å²) in [5.74, 6) is 0. The highest BCUT2D eigenvalue weighted by atomic mass is 79.9. The van der Waals surface area contributed by atoms with Gasteiger partial charge in [0, 0.05) is 14.6 Å². The van der Waals surface area contributed by atoms with Crippen LogP contribution < -0.4 is 10.5 Å². The summed E-state index contributed by atoms with van der Waals surface area (Å²) >= 11 is 6.43. The van der Waals surface area contributed by atoms with Crippen molar-refractivity contribution in [2.75, 3.05) is 10.5 Å². The van der Waals surface area contributed by atoms with Crippen molar-refractivity contribution in [2.45, 2.75) is 4.90 Å². The van der Waals surface area contributed by atoms with Crippen LogP contribution in [0.2, 0.25) is 0 Å². The first-order valence-electron chi connectivity index (χ1n) is 5.61. The maximum Gasteiger partial charge on any atom is 0.261 e. The highest BCUT2D eigenvalue weighted by Crippen LogP contribution is 2.28. The van der Waals surface area contributed by atoms with Gasteiger partial charge < -0.3 is 5.73 Å². The zero-order valence-corrected chi connectivity index (χ0v) is 14.5. The molecule has 0 aromatic heterocycles. The number of nitriles is 1. The molecule has 0 aliphatic heterocycles. The summed E-state index contributed by atoms with van der Waals surface area (Å²) in [6.07, 6.45) is 0. The predicted molar refractivity (Wildman–Crippen MR) is 88.2 cm³/mol. The van der Waals surface area contributed by atoms with E-state index in [1.165, 1.54) is 36.4 Å². The third kappa shape index (κ3) is 3.56. The van der Waals surface area contributed by atoms with Gasteiger partial charge in [0.2, 0.25) is 0 Å². The third-order valence-electron chi connectivity index (χ3n) is 2.62. The van der Waals surface area contributed by atoms with Gasteiger partial charge in [-0.2, -0.15) is 5.26 Å². The van der Waals surface area contributed by atoms with Gasteiger partial charge in [0.25, 0.3) is 10.0 Å². The lowest BCUT2D eigenvalue weighted by Crippen LogP contribution is -2.13. The van der Waals surface area contributed by atoms with E-state index in [1.54, 1.807) is 0 Å². The molecule has 108 valence electrons. The Balaban J connectivity index is 2.37. The van der Waals surface area contributed by atoms with E-state index < -0.39 is 10.0 Å². The van der Waals surface area contributed by atoms with Crippen LogP contribution in [-0.2, 0) is 10.0 Å². The smallest absolute Gasteiger partial charge is 0.261 e. The van der Waals surface area contributed by atoms with Crippen LogP contribution in [0.25, 0.3) is 0 Å². The highest BCUT2D eigenvalue weighted by molar-refractivity contribution is 9.11. The molecular formula is C13H9Br2N3O2S. The summed E-state index contributed by atoms with van der Waals surface area (Å²) in [6, 6.07) is 10.9. The molecule has 0 aliphatic rings. The van der Waals surface area contributed by atoms with E-state index in [1.807, 2.05) is 6.07 Å². The second-order valence-corrected chi connectivity index (χ2v) is 7.49. The van der Waals surface area contributed by atoms with E-state index in [-0.39, 0.29) is 4.90 Å². The number of nitrogen functional groups attached to an aromatic ring is 1. The van der Waals surface area contributed by atoms with Crippen LogP contribution in [0.15, 0.2) is 50.2 Å². The molecule has 0 atom stereocenters. The molecule has 0 saturated heterocycles. The lowest BCUT2D eigenvalue weighted by molar-refractivity contribution is 0.601. The highest BCUT2D eigenvalue weighted by Gasteiger charge is 2.16. The average molecular weight is 431 g/mol. The number of hydrogen-bond acceptors (Lipinski definition) is 4. The number of rotatable bonds is 3. The van der Waals surface area contributed by atoms with Crippen molar-refractivity contribution in [3.63, 3.8) is 0 Å². The second kappa shape index (κ2) is 6.05. The summed E-state index contributed by atoms with van der Waals surface area (Å²) in [4.78, 5) is 0.0832. The molecule has 0 unspecified atom stereocenters. The third-order valence-corrected chi connectivity index (χ3v) is 5.33. The van der Waals surface area contributed by atoms with Crippen molar-refractivity contribution in [3.8, 4) is 6.07 Å². The summed E-state index contributed by atoms with van der Waals surface area (Å²) in [5.41, 5.74) is 6.87. The number of hydrogen-bond donors (Lipinski definition) is 2. The van der Waals surface area contributed by atoms with Crippen LogP contribution in [0.4, 0.5) is 11.4 Å². The van der Waals surface area contributed by atoms with Crippen molar-refractivity contribution in [1.29, 1.82) is 5.26 Å². The fourth-order valence-electron chi connectivity index (χ4n) is 1.55. The number of anilines is 2. The quantitative estimate of drug-likeness (QED) is 0.728. The molecule has 0 heterocycles. The van der Waals surface area contributed by atoms with E-state index in [4.69, 9.17) is 11.0 Å². The van der Waals surface area contributed by atoms with Gasteiger partial charge in [-0.1, -0.05) is 0 Å². The first-order valence-corrected chi connectivity index (χ1v) is 8.68. The molecule has 0 spiro atoms. The molecule has 2 aromatic carbocycles. The number of halogens is 2. The molecule has 0 aliphatic carbocycles. The zero-order chi connectivity index (χ0) is 15.6. The summed E-state index contributed by atoms with van der Waals surface area (Å²) in [7, 11) is -3.74. The van der Waals surface area contributed by atoms with Crippen LogP contribution in [0.5, 0.6) is 0 Å². The maximum atomic E-state index is 12.3. The molecule has 0 bridgehead atoms. The fourth-order valence-corrected chi connectivity index (χ4v) is 3.79. The topological polar surface area (TPSA) is 96.0 Å². The van der Waals surface area contributed by atoms with E-state index in [2.05, 4.69) is 36.6 Å². The fraction of sp³-hybridized carbons (Fsp3) is 0. The zero-order valence-electron chi connectivity index (χ0n) is 10.5. The van der Waals surface area contributed by atoms with Gasteiger partial charge in [0.1, 0.15) is 0 Å². The Labute approximate surface area is 139 Å². The molecule has 0 saturated carbocycles. The molecule has 2 aromatic rings. The van der Waals surface area contributed by atoms with Crippen molar-refractivity contribution in [3.05, 3.63) is 50.9 Å². The van der Waals surface area contributed by atoms with Crippen LogP contribution in [-0.4, -0.2) is 8.42 Å². The van der Waals surface area contributed by atoms with Crippen molar-refractivity contribution >= 4 is 53.3 Å². The monoisotopic (exact) mass is 429 g/mol. The van der Waals surface area contributed by atoms with Crippen LogP contribution >= 0.6 is 31.9 Å². The minimum Gasteiger partial charge on any atom is -0.398 e. The number of nitrogens with two attached hydrogens (primary N) is 1. The van der Waals surface area contributed by atoms with Gasteiger partial charge in [-0.15, -0.1) is 0 Å². The summed E-state index contributed by atoms with van der Waals surface area (Å²) < 4.78 is 28.1. The molecule has 2 rings (SSSR count). The Kier molecular flexibility index (Phi) is 4.56. The van der Waals surface area contributed by atoms with Gasteiger partial charge in [-0.05, 0) is 68.3 Å². The molecule has 21 heavy (non-hydrogen) atoms. The molecule has 0 radical (unpaired) electrons. The van der Waals surface area contributed by atoms with Crippen LogP contribution in [0.3, 0.4) is 0 Å². The number of benzene rings is 2. The SMILES string of the molecule is N#Cc1ccc(NS(=O)(=O)c2ccc(N)c(Br)c2)c(Br)c1. The van der Waals surface area contributed by atoms with Gasteiger partial charge >= 0.3 is 0 Å². The predicted octanol–water partition coefficient (Wildman–Crippen LogP) is 3.47. The standard InChI is InChI=1S/C13H9Br2N3O2S/c14-10-6-9(2-3-12(10)17)21(19,20)18-13-4-1-8(7-16)5-11(13)15/h1-6,18H,17H2. The Morgan fingerprint density at radius 3 is 2.38 bits per heavy atom. The first kappa shape index (κ1) is 15.8. The number of nitrogens with zero attached hydrogens (tertiary/aromatic N) is 1. The van der Waals surface area contributed by atoms with Gasteiger partial charge in [0.15, 0.2) is 0 Å². The molecule has 5 nitrogen and oxygen atoms in total. The molecular weight excluding hydrogens is 422 g/mol. The van der Waals surface area contributed by atoms with Gasteiger partial charge in [-0.25, -0.2) is 8.42 Å². The molecule has 0 amide bonds. The second-order valence-electron chi connectivity index (χ2n) is 4.10. The average Bonchev–Trinajstić information content (AvgIpc) is 2.43. The minimum absolute atomic E-state index is 0.0832. The minimum atomic E-state index is -3.74. The molecule has 3 N–H and O–H groups in total. The Morgan fingerprint density at radius 1 is 1.10 bits per heavy atom. The van der Waals surface area contributed by atoms with Crippen molar-refractivity contribution in [1.82, 2.24) is 0 Å². The maximum absolute atomic E-state index is 12.3. The Hall–Kier alpha value is -1.56. The number of nitrogens with one attached hydrogen (secondary N) is 1. The van der Waals surface area contributed by atoms with Crippen LogP contribution in [0.1, 0.15) is 5.56 Å². The Bertz CT molecular complexity index is 845. The number of sulfonamides is 1. The van der Waals surface area contributed by atoms with E-state index in [0.717, 1.165) is 0 Å². The largest absolute Gasteiger partial charge is 0.398 e. The van der Waals surface area contributed by atoms with Crippen molar-refractivity contribution in [2.24, 2.45) is 0 Å². The summed E-state index contributed by atoms with van der Waals surface area (Å²) in [6.45, 7) is 0. The van der Waals surface area contributed by atoms with E-state index in [9.17, 15) is 8.42 Å². The molecule has 0 fully saturated rings. The lowest BCUT2D eigenvalue weighted by Gasteiger charge is -2.10. The van der Waals surface area contributed by atoms with Gasteiger partial charge in [0.05, 0.1) is 22.2 Å². The molecule has 8 heteroatoms. The lowest BCUT2D eigenvalue weighted by atomic mass is 10.2. The van der Waals surface area contributed by atoms with Crippen molar-refractivity contribution < 1.29 is 8.42 Å². The Morgan fingerprint density at radius 2 is 1.81 bits per heavy atom. The first-order chi connectivity index (χ1) is 9.83. The van der Waals surface area contributed by atoms with Gasteiger partial charge in [-0.3, -0.25) is 4.72 Å².